The van der Waals surface area contributed by atoms with Crippen molar-refractivity contribution >= 4 is 23.2 Å². The average molecular weight is 312 g/mol. The van der Waals surface area contributed by atoms with Gasteiger partial charge in [-0.3, -0.25) is 0 Å². The first kappa shape index (κ1) is 15.3. The number of halogens is 3. The molecule has 0 aliphatic heterocycles. The quantitative estimate of drug-likeness (QED) is 0.779. The summed E-state index contributed by atoms with van der Waals surface area (Å²) in [7, 11) is 0. The Kier molecular flexibility index (Phi) is 5.84. The summed E-state index contributed by atoms with van der Waals surface area (Å²) in [6, 6.07) is 14.6. The van der Waals surface area contributed by atoms with E-state index < -0.39 is 0 Å². The Bertz CT molecular complexity index is 545. The lowest BCUT2D eigenvalue weighted by atomic mass is 10.1. The molecule has 2 rings (SSSR count). The van der Waals surface area contributed by atoms with E-state index in [-0.39, 0.29) is 11.9 Å². The van der Waals surface area contributed by atoms with Crippen molar-refractivity contribution < 1.29 is 4.39 Å². The fourth-order valence-electron chi connectivity index (χ4n) is 2.01. The van der Waals surface area contributed by atoms with Crippen molar-refractivity contribution in [1.82, 2.24) is 5.32 Å². The first-order chi connectivity index (χ1) is 9.69. The van der Waals surface area contributed by atoms with E-state index in [4.69, 9.17) is 23.2 Å². The molecule has 2 aromatic rings. The molecule has 0 saturated heterocycles. The van der Waals surface area contributed by atoms with Crippen LogP contribution in [0.4, 0.5) is 4.39 Å². The third-order valence-corrected chi connectivity index (χ3v) is 3.84. The van der Waals surface area contributed by atoms with Crippen LogP contribution in [0.1, 0.15) is 11.1 Å². The highest BCUT2D eigenvalue weighted by molar-refractivity contribution is 6.31. The van der Waals surface area contributed by atoms with Crippen LogP contribution in [0, 0.1) is 5.82 Å². The van der Waals surface area contributed by atoms with E-state index in [0.29, 0.717) is 17.4 Å². The smallest absolute Gasteiger partial charge is 0.123 e. The van der Waals surface area contributed by atoms with E-state index in [1.165, 1.54) is 17.7 Å². The lowest BCUT2D eigenvalue weighted by molar-refractivity contribution is 0.547. The van der Waals surface area contributed by atoms with Gasteiger partial charge in [-0.1, -0.05) is 41.9 Å². The molecule has 0 aliphatic rings. The second-order valence-corrected chi connectivity index (χ2v) is 5.37. The van der Waals surface area contributed by atoms with Gasteiger partial charge in [0, 0.05) is 23.5 Å². The lowest BCUT2D eigenvalue weighted by Gasteiger charge is -2.16. The maximum absolute atomic E-state index is 13.2. The third kappa shape index (κ3) is 4.48. The van der Waals surface area contributed by atoms with Crippen LogP contribution >= 0.6 is 23.2 Å². The second kappa shape index (κ2) is 7.63. The Hall–Kier alpha value is -1.09. The summed E-state index contributed by atoms with van der Waals surface area (Å²) in [5.41, 5.74) is 1.96. The van der Waals surface area contributed by atoms with Crippen LogP contribution in [0.3, 0.4) is 0 Å². The molecule has 0 fully saturated rings. The Balaban J connectivity index is 1.95. The molecule has 1 N–H and O–H groups in total. The summed E-state index contributed by atoms with van der Waals surface area (Å²) in [6.07, 6.45) is 0.831. The molecule has 0 aliphatic carbocycles. The number of rotatable bonds is 6. The van der Waals surface area contributed by atoms with E-state index in [1.807, 2.05) is 18.2 Å². The monoisotopic (exact) mass is 311 g/mol. The van der Waals surface area contributed by atoms with Crippen LogP contribution in [0.2, 0.25) is 5.02 Å². The molecule has 106 valence electrons. The minimum absolute atomic E-state index is 0.124. The summed E-state index contributed by atoms with van der Waals surface area (Å²) in [6.45, 7) is 0.501. The van der Waals surface area contributed by atoms with Crippen LogP contribution < -0.4 is 5.32 Å². The van der Waals surface area contributed by atoms with E-state index in [1.54, 1.807) is 6.07 Å². The van der Waals surface area contributed by atoms with Gasteiger partial charge in [0.25, 0.3) is 0 Å². The Labute approximate surface area is 128 Å². The maximum Gasteiger partial charge on any atom is 0.123 e. The summed E-state index contributed by atoms with van der Waals surface area (Å²) >= 11 is 12.0. The van der Waals surface area contributed by atoms with Gasteiger partial charge in [0.1, 0.15) is 5.82 Å². The molecular formula is C16H16Cl2FN. The Morgan fingerprint density at radius 1 is 1.10 bits per heavy atom. The molecule has 0 aromatic heterocycles. The number of nitrogens with one attached hydrogen (secondary N) is 1. The maximum atomic E-state index is 13.2. The predicted molar refractivity (Wildman–Crippen MR) is 82.9 cm³/mol. The van der Waals surface area contributed by atoms with Crippen LogP contribution in [-0.2, 0) is 13.0 Å². The van der Waals surface area contributed by atoms with Crippen molar-refractivity contribution in [3.8, 4) is 0 Å². The van der Waals surface area contributed by atoms with Gasteiger partial charge in [0.05, 0.1) is 0 Å². The minimum atomic E-state index is -0.281. The highest BCUT2D eigenvalue weighted by Gasteiger charge is 2.09. The Morgan fingerprint density at radius 2 is 1.85 bits per heavy atom. The van der Waals surface area contributed by atoms with Crippen LogP contribution in [0.25, 0.3) is 0 Å². The SMILES string of the molecule is Fc1ccc(Cl)c(CNC(CCl)Cc2ccccc2)c1. The first-order valence-corrected chi connectivity index (χ1v) is 7.37. The summed E-state index contributed by atoms with van der Waals surface area (Å²) in [5, 5.41) is 3.88. The van der Waals surface area contributed by atoms with Crippen molar-refractivity contribution in [2.24, 2.45) is 0 Å². The zero-order valence-electron chi connectivity index (χ0n) is 11.0. The van der Waals surface area contributed by atoms with Crippen LogP contribution in [-0.4, -0.2) is 11.9 Å². The average Bonchev–Trinajstić information content (AvgIpc) is 2.47. The molecule has 0 bridgehead atoms. The molecular weight excluding hydrogens is 296 g/mol. The normalized spacial score (nSPS) is 12.3. The van der Waals surface area contributed by atoms with E-state index >= 15 is 0 Å². The second-order valence-electron chi connectivity index (χ2n) is 4.66. The molecule has 20 heavy (non-hydrogen) atoms. The number of alkyl halides is 1. The van der Waals surface area contributed by atoms with Crippen molar-refractivity contribution in [3.05, 3.63) is 70.5 Å². The highest BCUT2D eigenvalue weighted by atomic mass is 35.5. The Morgan fingerprint density at radius 3 is 2.55 bits per heavy atom. The fraction of sp³-hybridized carbons (Fsp3) is 0.250. The number of hydrogen-bond donors (Lipinski definition) is 1. The van der Waals surface area contributed by atoms with Gasteiger partial charge < -0.3 is 5.32 Å². The largest absolute Gasteiger partial charge is 0.308 e. The van der Waals surface area contributed by atoms with E-state index in [2.05, 4.69) is 17.4 Å². The molecule has 1 nitrogen and oxygen atoms in total. The van der Waals surface area contributed by atoms with Crippen LogP contribution in [0.5, 0.6) is 0 Å². The van der Waals surface area contributed by atoms with Gasteiger partial charge in [0.15, 0.2) is 0 Å². The summed E-state index contributed by atoms with van der Waals surface area (Å²) < 4.78 is 13.2. The lowest BCUT2D eigenvalue weighted by Crippen LogP contribution is -2.32. The van der Waals surface area contributed by atoms with Gasteiger partial charge >= 0.3 is 0 Å². The molecule has 1 unspecified atom stereocenters. The standard InChI is InChI=1S/C16H16Cl2FN/c17-10-15(8-12-4-2-1-3-5-12)20-11-13-9-14(19)6-7-16(13)18/h1-7,9,15,20H,8,10-11H2. The molecule has 0 saturated carbocycles. The third-order valence-electron chi connectivity index (χ3n) is 3.10. The van der Waals surface area contributed by atoms with Gasteiger partial charge in [-0.15, -0.1) is 11.6 Å². The molecule has 1 atom stereocenters. The fourth-order valence-corrected chi connectivity index (χ4v) is 2.42. The van der Waals surface area contributed by atoms with Crippen molar-refractivity contribution in [3.63, 3.8) is 0 Å². The van der Waals surface area contributed by atoms with Gasteiger partial charge in [-0.05, 0) is 35.7 Å². The predicted octanol–water partition coefficient (Wildman–Crippen LogP) is 4.42. The summed E-state index contributed by atoms with van der Waals surface area (Å²) in [5.74, 6) is 0.207. The highest BCUT2D eigenvalue weighted by Crippen LogP contribution is 2.17. The molecule has 4 heteroatoms. The van der Waals surface area contributed by atoms with E-state index in [9.17, 15) is 4.39 Å². The van der Waals surface area contributed by atoms with Gasteiger partial charge in [-0.2, -0.15) is 0 Å². The molecule has 0 spiro atoms. The number of hydrogen-bond acceptors (Lipinski definition) is 1. The zero-order valence-corrected chi connectivity index (χ0v) is 12.5. The van der Waals surface area contributed by atoms with Crippen molar-refractivity contribution in [2.75, 3.05) is 5.88 Å². The molecule has 0 radical (unpaired) electrons. The topological polar surface area (TPSA) is 12.0 Å². The summed E-state index contributed by atoms with van der Waals surface area (Å²) in [4.78, 5) is 0. The molecule has 0 amide bonds. The van der Waals surface area contributed by atoms with Crippen molar-refractivity contribution in [2.45, 2.75) is 19.0 Å². The van der Waals surface area contributed by atoms with E-state index in [0.717, 1.165) is 12.0 Å². The molecule has 0 heterocycles. The minimum Gasteiger partial charge on any atom is -0.308 e. The van der Waals surface area contributed by atoms with Crippen LogP contribution in [0.15, 0.2) is 48.5 Å². The molecule has 2 aromatic carbocycles. The van der Waals surface area contributed by atoms with Gasteiger partial charge in [-0.25, -0.2) is 4.39 Å². The first-order valence-electron chi connectivity index (χ1n) is 6.46. The number of benzene rings is 2. The van der Waals surface area contributed by atoms with Gasteiger partial charge in [0.2, 0.25) is 0 Å². The van der Waals surface area contributed by atoms with Crippen molar-refractivity contribution in [1.29, 1.82) is 0 Å². The zero-order chi connectivity index (χ0) is 14.4.